The molecular weight excluding hydrogens is 277 g/mol. The number of rotatable bonds is 3. The van der Waals surface area contributed by atoms with Gasteiger partial charge in [0.2, 0.25) is 0 Å². The summed E-state index contributed by atoms with van der Waals surface area (Å²) < 4.78 is 11.9. The van der Waals surface area contributed by atoms with Gasteiger partial charge >= 0.3 is 0 Å². The SMILES string of the molecule is C=C(F)/C=C\C(C)=C/C.CC=O.CN=CC1=C(C)CCCC1. The first-order valence-corrected chi connectivity index (χ1v) is 7.58. The van der Waals surface area contributed by atoms with Gasteiger partial charge in [-0.15, -0.1) is 0 Å². The van der Waals surface area contributed by atoms with Crippen molar-refractivity contribution in [3.63, 3.8) is 0 Å². The number of hydrogen-bond acceptors (Lipinski definition) is 2. The van der Waals surface area contributed by atoms with Crippen molar-refractivity contribution in [2.24, 2.45) is 4.99 Å². The summed E-state index contributed by atoms with van der Waals surface area (Å²) in [6.45, 7) is 10.5. The third-order valence-electron chi connectivity index (χ3n) is 3.06. The van der Waals surface area contributed by atoms with E-state index in [1.165, 1.54) is 49.8 Å². The Bertz CT molecular complexity index is 442. The maximum absolute atomic E-state index is 11.9. The number of halogens is 1. The minimum Gasteiger partial charge on any atom is -0.304 e. The predicted molar refractivity (Wildman–Crippen MR) is 96.1 cm³/mol. The van der Waals surface area contributed by atoms with Crippen molar-refractivity contribution in [1.29, 1.82) is 0 Å². The van der Waals surface area contributed by atoms with Crippen LogP contribution in [0.2, 0.25) is 0 Å². The molecule has 0 aromatic heterocycles. The van der Waals surface area contributed by atoms with E-state index in [4.69, 9.17) is 4.79 Å². The highest BCUT2D eigenvalue weighted by atomic mass is 19.1. The lowest BCUT2D eigenvalue weighted by Gasteiger charge is -2.13. The summed E-state index contributed by atoms with van der Waals surface area (Å²) in [5.74, 6) is -0.406. The molecule has 0 spiro atoms. The van der Waals surface area contributed by atoms with Gasteiger partial charge in [0.1, 0.15) is 12.1 Å². The van der Waals surface area contributed by atoms with E-state index in [0.717, 1.165) is 11.9 Å². The van der Waals surface area contributed by atoms with Crippen molar-refractivity contribution in [2.75, 3.05) is 7.05 Å². The molecule has 0 aromatic rings. The lowest BCUT2D eigenvalue weighted by atomic mass is 9.94. The molecule has 22 heavy (non-hydrogen) atoms. The van der Waals surface area contributed by atoms with Gasteiger partial charge in [-0.1, -0.05) is 29.9 Å². The van der Waals surface area contributed by atoms with Crippen LogP contribution in [-0.4, -0.2) is 19.5 Å². The molecule has 0 atom stereocenters. The number of nitrogens with zero attached hydrogens (tertiary/aromatic N) is 1. The van der Waals surface area contributed by atoms with E-state index in [1.54, 1.807) is 6.08 Å². The van der Waals surface area contributed by atoms with Crippen LogP contribution in [-0.2, 0) is 4.79 Å². The van der Waals surface area contributed by atoms with Crippen LogP contribution in [0.15, 0.2) is 52.3 Å². The normalized spacial score (nSPS) is 15.1. The smallest absolute Gasteiger partial charge is 0.116 e. The van der Waals surface area contributed by atoms with Gasteiger partial charge in [0.05, 0.1) is 0 Å². The second-order valence-corrected chi connectivity index (χ2v) is 4.95. The Labute approximate surface area is 135 Å². The molecule has 2 nitrogen and oxygen atoms in total. The van der Waals surface area contributed by atoms with Crippen LogP contribution < -0.4 is 0 Å². The lowest BCUT2D eigenvalue weighted by molar-refractivity contribution is -0.106. The zero-order chi connectivity index (χ0) is 17.4. The average Bonchev–Trinajstić information content (AvgIpc) is 2.49. The Morgan fingerprint density at radius 3 is 2.18 bits per heavy atom. The van der Waals surface area contributed by atoms with E-state index in [1.807, 2.05) is 33.2 Å². The van der Waals surface area contributed by atoms with E-state index in [0.29, 0.717) is 0 Å². The third-order valence-corrected chi connectivity index (χ3v) is 3.06. The van der Waals surface area contributed by atoms with E-state index in [-0.39, 0.29) is 0 Å². The van der Waals surface area contributed by atoms with Crippen LogP contribution in [0.1, 0.15) is 53.4 Å². The van der Waals surface area contributed by atoms with Crippen LogP contribution in [0.4, 0.5) is 4.39 Å². The number of carbonyl (C=O) groups is 1. The lowest BCUT2D eigenvalue weighted by Crippen LogP contribution is -1.97. The molecule has 0 aliphatic heterocycles. The summed E-state index contributed by atoms with van der Waals surface area (Å²) in [6.07, 6.45) is 12.9. The monoisotopic (exact) mass is 307 g/mol. The standard InChI is InChI=1S/C9H15N.C8H11F.C2H4O/c1-8-5-3-4-6-9(8)7-10-2;1-4-7(2)5-6-8(3)9;1-2-3/h7H,3-6H2,1-2H3;4-6H,3H2,1-2H3;2H,1H3/b;6-5-,7-4-;. The largest absolute Gasteiger partial charge is 0.304 e. The summed E-state index contributed by atoms with van der Waals surface area (Å²) in [4.78, 5) is 12.8. The minimum absolute atomic E-state index is 0.406. The number of hydrogen-bond donors (Lipinski definition) is 0. The van der Waals surface area contributed by atoms with Crippen molar-refractivity contribution in [2.45, 2.75) is 53.4 Å². The van der Waals surface area contributed by atoms with Gasteiger partial charge in [0, 0.05) is 13.3 Å². The topological polar surface area (TPSA) is 29.4 Å². The molecule has 1 aliphatic carbocycles. The highest BCUT2D eigenvalue weighted by Gasteiger charge is 2.05. The summed E-state index contributed by atoms with van der Waals surface area (Å²) in [6, 6.07) is 0. The number of allylic oxidation sites excluding steroid dienone is 7. The van der Waals surface area contributed by atoms with Gasteiger partial charge < -0.3 is 4.79 Å². The summed E-state index contributed by atoms with van der Waals surface area (Å²) >= 11 is 0. The summed E-state index contributed by atoms with van der Waals surface area (Å²) in [7, 11) is 1.84. The van der Waals surface area contributed by atoms with Crippen LogP contribution in [0.3, 0.4) is 0 Å². The molecule has 3 heteroatoms. The van der Waals surface area contributed by atoms with Gasteiger partial charge in [0.15, 0.2) is 0 Å². The molecule has 0 N–H and O–H groups in total. The Morgan fingerprint density at radius 1 is 1.23 bits per heavy atom. The first-order chi connectivity index (χ1) is 10.4. The molecular formula is C19H30FNO. The first kappa shape index (κ1) is 22.5. The Morgan fingerprint density at radius 2 is 1.77 bits per heavy atom. The maximum atomic E-state index is 11.9. The molecule has 0 aromatic carbocycles. The molecule has 1 aliphatic rings. The van der Waals surface area contributed by atoms with Gasteiger partial charge in [-0.05, 0) is 65.0 Å². The highest BCUT2D eigenvalue weighted by molar-refractivity contribution is 5.79. The second kappa shape index (κ2) is 15.6. The minimum atomic E-state index is -0.406. The van der Waals surface area contributed by atoms with Crippen molar-refractivity contribution in [1.82, 2.24) is 0 Å². The van der Waals surface area contributed by atoms with E-state index < -0.39 is 5.83 Å². The van der Waals surface area contributed by atoms with Crippen LogP contribution in [0.25, 0.3) is 0 Å². The van der Waals surface area contributed by atoms with Crippen molar-refractivity contribution >= 4 is 12.5 Å². The number of aldehydes is 1. The molecule has 0 radical (unpaired) electrons. The average molecular weight is 307 g/mol. The molecule has 0 fully saturated rings. The Balaban J connectivity index is 0. The van der Waals surface area contributed by atoms with Gasteiger partial charge in [-0.3, -0.25) is 4.99 Å². The molecule has 0 bridgehead atoms. The predicted octanol–water partition coefficient (Wildman–Crippen LogP) is 5.77. The quantitative estimate of drug-likeness (QED) is 0.369. The van der Waals surface area contributed by atoms with Crippen molar-refractivity contribution < 1.29 is 9.18 Å². The number of carbonyl (C=O) groups excluding carboxylic acids is 1. The third kappa shape index (κ3) is 14.6. The zero-order valence-electron chi connectivity index (χ0n) is 14.7. The molecule has 0 amide bonds. The molecule has 124 valence electrons. The first-order valence-electron chi connectivity index (χ1n) is 7.58. The molecule has 0 saturated carbocycles. The van der Waals surface area contributed by atoms with Gasteiger partial charge in [-0.25, -0.2) is 4.39 Å². The summed E-state index contributed by atoms with van der Waals surface area (Å²) in [5, 5.41) is 0. The second-order valence-electron chi connectivity index (χ2n) is 4.95. The van der Waals surface area contributed by atoms with E-state index in [9.17, 15) is 4.39 Å². The fourth-order valence-corrected chi connectivity index (χ4v) is 1.73. The van der Waals surface area contributed by atoms with Gasteiger partial charge in [0.25, 0.3) is 0 Å². The van der Waals surface area contributed by atoms with Crippen molar-refractivity contribution in [3.8, 4) is 0 Å². The maximum Gasteiger partial charge on any atom is 0.116 e. The number of aliphatic imine (C=N–C) groups is 1. The van der Waals surface area contributed by atoms with Crippen LogP contribution in [0, 0.1) is 0 Å². The van der Waals surface area contributed by atoms with Crippen molar-refractivity contribution in [3.05, 3.63) is 47.4 Å². The molecule has 0 saturated heterocycles. The molecule has 1 rings (SSSR count). The van der Waals surface area contributed by atoms with Gasteiger partial charge in [-0.2, -0.15) is 0 Å². The van der Waals surface area contributed by atoms with Crippen LogP contribution >= 0.6 is 0 Å². The fraction of sp³-hybridized carbons (Fsp3) is 0.474. The molecule has 0 unspecified atom stereocenters. The Hall–Kier alpha value is -1.77. The fourth-order valence-electron chi connectivity index (χ4n) is 1.73. The Kier molecular flexibility index (Phi) is 16.0. The molecule has 0 heterocycles. The van der Waals surface area contributed by atoms with E-state index in [2.05, 4.69) is 18.5 Å². The highest BCUT2D eigenvalue weighted by Crippen LogP contribution is 2.22. The van der Waals surface area contributed by atoms with E-state index >= 15 is 0 Å². The van der Waals surface area contributed by atoms with Crippen LogP contribution in [0.5, 0.6) is 0 Å². The zero-order valence-corrected chi connectivity index (χ0v) is 14.7. The summed E-state index contributed by atoms with van der Waals surface area (Å²) in [5.41, 5.74) is 4.04.